The fraction of sp³-hybridized carbons (Fsp3) is 0.986. The SMILES string of the molecule is CCCCCCCCCCCCCCCCCCCCCCCCCCCCCCCCCCCC(=O)NC(CO)C(O)CCCCCCCCCCCCCCCCCCCCCCCCCCCCCCCCCCC. The Bertz CT molecular complexity index is 1060. The van der Waals surface area contributed by atoms with Crippen molar-refractivity contribution in [3.05, 3.63) is 0 Å². The van der Waals surface area contributed by atoms with E-state index in [0.29, 0.717) is 12.8 Å². The van der Waals surface area contributed by atoms with Gasteiger partial charge in [-0.05, 0) is 12.8 Å². The van der Waals surface area contributed by atoms with Crippen LogP contribution in [-0.2, 0) is 4.79 Å². The average Bonchev–Trinajstić information content (AvgIpc) is 3.44. The number of nitrogens with one attached hydrogen (secondary N) is 1. The van der Waals surface area contributed by atoms with Gasteiger partial charge < -0.3 is 15.5 Å². The summed E-state index contributed by atoms with van der Waals surface area (Å²) in [6, 6.07) is -0.533. The lowest BCUT2D eigenvalue weighted by atomic mass is 10.0. The molecule has 78 heavy (non-hydrogen) atoms. The Hall–Kier alpha value is -0.610. The molecule has 0 aliphatic heterocycles. The van der Waals surface area contributed by atoms with Crippen LogP contribution in [0.4, 0.5) is 0 Å². The third-order valence-electron chi connectivity index (χ3n) is 18.1. The zero-order valence-electron chi connectivity index (χ0n) is 54.2. The van der Waals surface area contributed by atoms with Gasteiger partial charge in [0.2, 0.25) is 5.91 Å². The molecule has 0 spiro atoms. The molecule has 0 aliphatic carbocycles. The highest BCUT2D eigenvalue weighted by molar-refractivity contribution is 5.76. The van der Waals surface area contributed by atoms with Gasteiger partial charge in [0.05, 0.1) is 18.8 Å². The Morgan fingerprint density at radius 2 is 0.410 bits per heavy atom. The molecule has 0 rings (SSSR count). The van der Waals surface area contributed by atoms with E-state index in [1.54, 1.807) is 0 Å². The van der Waals surface area contributed by atoms with E-state index in [1.165, 1.54) is 398 Å². The standard InChI is InChI=1S/C74H149NO3/c1-3-5-7-9-11-13-15-17-19-21-23-25-27-29-31-33-35-37-39-41-43-45-47-49-51-53-55-57-59-61-63-65-67-69-73(77)72(71-76)75-74(78)70-68-66-64-62-60-58-56-54-52-50-48-46-44-42-40-38-36-34-32-30-28-26-24-22-20-18-16-14-12-10-8-6-4-2/h72-73,76-77H,3-71H2,1-2H3,(H,75,78). The Labute approximate surface area is 493 Å². The molecule has 4 heteroatoms. The van der Waals surface area contributed by atoms with Gasteiger partial charge >= 0.3 is 0 Å². The number of rotatable bonds is 71. The Morgan fingerprint density at radius 1 is 0.256 bits per heavy atom. The summed E-state index contributed by atoms with van der Waals surface area (Å²) in [6.07, 6.45) is 93.4. The fourth-order valence-corrected chi connectivity index (χ4v) is 12.5. The molecule has 0 bridgehead atoms. The van der Waals surface area contributed by atoms with Crippen molar-refractivity contribution >= 4 is 5.91 Å². The zero-order valence-corrected chi connectivity index (χ0v) is 54.2. The molecule has 0 aromatic rings. The normalized spacial score (nSPS) is 12.5. The van der Waals surface area contributed by atoms with Crippen molar-refractivity contribution in [1.29, 1.82) is 0 Å². The van der Waals surface area contributed by atoms with Crippen LogP contribution in [0.2, 0.25) is 0 Å². The summed E-state index contributed by atoms with van der Waals surface area (Å²) in [5.74, 6) is -0.0185. The number of carbonyl (C=O) groups is 1. The molecular weight excluding hydrogens is 951 g/mol. The number of hydrogen-bond donors (Lipinski definition) is 3. The van der Waals surface area contributed by atoms with Gasteiger partial charge in [-0.25, -0.2) is 0 Å². The number of hydrogen-bond acceptors (Lipinski definition) is 3. The Morgan fingerprint density at radius 3 is 0.577 bits per heavy atom. The molecule has 0 fully saturated rings. The van der Waals surface area contributed by atoms with E-state index in [2.05, 4.69) is 19.2 Å². The quantitative estimate of drug-likeness (QED) is 0.0532. The monoisotopic (exact) mass is 1100 g/mol. The van der Waals surface area contributed by atoms with Crippen LogP contribution in [0.15, 0.2) is 0 Å². The van der Waals surface area contributed by atoms with Crippen molar-refractivity contribution in [3.63, 3.8) is 0 Å². The minimum absolute atomic E-state index is 0.0185. The van der Waals surface area contributed by atoms with Crippen molar-refractivity contribution in [3.8, 4) is 0 Å². The third-order valence-corrected chi connectivity index (χ3v) is 18.1. The van der Waals surface area contributed by atoms with E-state index >= 15 is 0 Å². The highest BCUT2D eigenvalue weighted by Crippen LogP contribution is 2.21. The first-order chi connectivity index (χ1) is 38.7. The molecule has 0 aliphatic rings. The Balaban J connectivity index is 3.34. The van der Waals surface area contributed by atoms with Crippen LogP contribution in [-0.4, -0.2) is 34.9 Å². The van der Waals surface area contributed by atoms with Crippen LogP contribution in [0.1, 0.15) is 450 Å². The lowest BCUT2D eigenvalue weighted by Gasteiger charge is -2.22. The predicted molar refractivity (Wildman–Crippen MR) is 350 cm³/mol. The van der Waals surface area contributed by atoms with E-state index in [4.69, 9.17) is 0 Å². The van der Waals surface area contributed by atoms with Gasteiger partial charge in [-0.1, -0.05) is 431 Å². The van der Waals surface area contributed by atoms with Crippen LogP contribution in [0, 0.1) is 0 Å². The van der Waals surface area contributed by atoms with Gasteiger partial charge in [0.25, 0.3) is 0 Å². The van der Waals surface area contributed by atoms with E-state index in [-0.39, 0.29) is 12.5 Å². The molecule has 0 saturated heterocycles. The van der Waals surface area contributed by atoms with Gasteiger partial charge in [0.15, 0.2) is 0 Å². The summed E-state index contributed by atoms with van der Waals surface area (Å²) in [4.78, 5) is 12.6. The molecule has 2 atom stereocenters. The van der Waals surface area contributed by atoms with Crippen LogP contribution in [0.3, 0.4) is 0 Å². The van der Waals surface area contributed by atoms with Gasteiger partial charge in [0, 0.05) is 6.42 Å². The van der Waals surface area contributed by atoms with Crippen molar-refractivity contribution in [2.24, 2.45) is 0 Å². The summed E-state index contributed by atoms with van der Waals surface area (Å²) in [5.41, 5.74) is 0. The second-order valence-electron chi connectivity index (χ2n) is 26.1. The maximum atomic E-state index is 12.6. The molecule has 0 aromatic carbocycles. The number of carbonyl (C=O) groups excluding carboxylic acids is 1. The van der Waals surface area contributed by atoms with E-state index in [0.717, 1.165) is 25.7 Å². The maximum absolute atomic E-state index is 12.6. The summed E-state index contributed by atoms with van der Waals surface area (Å²) < 4.78 is 0. The molecule has 0 aromatic heterocycles. The second kappa shape index (κ2) is 70.7. The third kappa shape index (κ3) is 66.2. The number of aliphatic hydroxyl groups is 2. The van der Waals surface area contributed by atoms with E-state index in [9.17, 15) is 15.0 Å². The predicted octanol–water partition coefficient (Wildman–Crippen LogP) is 25.4. The lowest BCUT2D eigenvalue weighted by molar-refractivity contribution is -0.123. The summed E-state index contributed by atoms with van der Waals surface area (Å²) in [5, 5.41) is 23.5. The van der Waals surface area contributed by atoms with Crippen LogP contribution in [0.25, 0.3) is 0 Å². The second-order valence-corrected chi connectivity index (χ2v) is 26.1. The van der Waals surface area contributed by atoms with Gasteiger partial charge in [-0.15, -0.1) is 0 Å². The van der Waals surface area contributed by atoms with E-state index in [1.807, 2.05) is 0 Å². The van der Waals surface area contributed by atoms with Crippen molar-refractivity contribution in [2.75, 3.05) is 6.61 Å². The first-order valence-corrected chi connectivity index (χ1v) is 37.2. The average molecular weight is 1100 g/mol. The minimum atomic E-state index is -0.657. The molecule has 1 amide bonds. The van der Waals surface area contributed by atoms with Gasteiger partial charge in [0.1, 0.15) is 0 Å². The van der Waals surface area contributed by atoms with Crippen LogP contribution >= 0.6 is 0 Å². The van der Waals surface area contributed by atoms with Crippen molar-refractivity contribution < 1.29 is 15.0 Å². The molecule has 2 unspecified atom stereocenters. The molecule has 4 nitrogen and oxygen atoms in total. The molecule has 0 saturated carbocycles. The fourth-order valence-electron chi connectivity index (χ4n) is 12.5. The summed E-state index contributed by atoms with van der Waals surface area (Å²) >= 11 is 0. The molecule has 3 N–H and O–H groups in total. The first-order valence-electron chi connectivity index (χ1n) is 37.2. The van der Waals surface area contributed by atoms with E-state index < -0.39 is 12.1 Å². The van der Waals surface area contributed by atoms with Crippen LogP contribution in [0.5, 0.6) is 0 Å². The lowest BCUT2D eigenvalue weighted by Crippen LogP contribution is -2.45. The highest BCUT2D eigenvalue weighted by Gasteiger charge is 2.20. The molecule has 0 radical (unpaired) electrons. The zero-order chi connectivity index (χ0) is 56.2. The smallest absolute Gasteiger partial charge is 0.220 e. The number of unbranched alkanes of at least 4 members (excludes halogenated alkanes) is 64. The maximum Gasteiger partial charge on any atom is 0.220 e. The molecule has 468 valence electrons. The minimum Gasteiger partial charge on any atom is -0.394 e. The number of amides is 1. The largest absolute Gasteiger partial charge is 0.394 e. The summed E-state index contributed by atoms with van der Waals surface area (Å²) in [6.45, 7) is 4.43. The van der Waals surface area contributed by atoms with Gasteiger partial charge in [-0.3, -0.25) is 4.79 Å². The van der Waals surface area contributed by atoms with Gasteiger partial charge in [-0.2, -0.15) is 0 Å². The van der Waals surface area contributed by atoms with Crippen LogP contribution < -0.4 is 5.32 Å². The number of aliphatic hydroxyl groups excluding tert-OH is 2. The first kappa shape index (κ1) is 77.4. The molecular formula is C74H149NO3. The highest BCUT2D eigenvalue weighted by atomic mass is 16.3. The Kier molecular flexibility index (Phi) is 70.1. The topological polar surface area (TPSA) is 69.6 Å². The summed E-state index contributed by atoms with van der Waals surface area (Å²) in [7, 11) is 0. The van der Waals surface area contributed by atoms with Crippen molar-refractivity contribution in [1.82, 2.24) is 5.32 Å². The van der Waals surface area contributed by atoms with Crippen molar-refractivity contribution in [2.45, 2.75) is 463 Å². The molecule has 0 heterocycles.